The molecule has 1 aliphatic carbocycles. The molecule has 0 bridgehead atoms. The lowest BCUT2D eigenvalue weighted by Crippen LogP contribution is -2.17. The second-order valence-electron chi connectivity index (χ2n) is 4.65. The molecule has 0 aliphatic heterocycles. The summed E-state index contributed by atoms with van der Waals surface area (Å²) >= 11 is 0. The quantitative estimate of drug-likeness (QED) is 0.455. The van der Waals surface area contributed by atoms with E-state index < -0.39 is 0 Å². The molecule has 0 saturated heterocycles. The van der Waals surface area contributed by atoms with E-state index in [1.165, 1.54) is 24.0 Å². The average molecular weight is 263 g/mol. The van der Waals surface area contributed by atoms with Gasteiger partial charge >= 0.3 is 0 Å². The fourth-order valence-corrected chi connectivity index (χ4v) is 2.29. The Bertz CT molecular complexity index is 415. The van der Waals surface area contributed by atoms with Crippen LogP contribution >= 0.6 is 0 Å². The van der Waals surface area contributed by atoms with Gasteiger partial charge in [0.2, 0.25) is 0 Å². The number of hydrogen-bond acceptors (Lipinski definition) is 3. The van der Waals surface area contributed by atoms with Gasteiger partial charge in [-0.3, -0.25) is 9.98 Å². The summed E-state index contributed by atoms with van der Waals surface area (Å²) in [5.41, 5.74) is 9.06. The molecule has 0 radical (unpaired) electrons. The van der Waals surface area contributed by atoms with Gasteiger partial charge in [-0.15, -0.1) is 0 Å². The van der Waals surface area contributed by atoms with Crippen molar-refractivity contribution in [1.82, 2.24) is 0 Å². The van der Waals surface area contributed by atoms with Crippen LogP contribution in [0.5, 0.6) is 0 Å². The van der Waals surface area contributed by atoms with Gasteiger partial charge in [-0.2, -0.15) is 0 Å². The lowest BCUT2D eigenvalue weighted by molar-refractivity contribution is 0.236. The number of hydrogen-bond donors (Lipinski definition) is 1. The van der Waals surface area contributed by atoms with Crippen LogP contribution < -0.4 is 5.73 Å². The second-order valence-corrected chi connectivity index (χ2v) is 4.65. The summed E-state index contributed by atoms with van der Waals surface area (Å²) in [7, 11) is 1.80. The molecule has 4 heteroatoms. The van der Waals surface area contributed by atoms with Crippen LogP contribution in [-0.4, -0.2) is 31.7 Å². The molecule has 0 fully saturated rings. The molecule has 106 valence electrons. The number of allylic oxidation sites excluding steroid dienone is 1. The van der Waals surface area contributed by atoms with E-state index in [2.05, 4.69) is 16.6 Å². The topological polar surface area (TPSA) is 60.0 Å². The molecule has 4 nitrogen and oxygen atoms in total. The summed E-state index contributed by atoms with van der Waals surface area (Å²) in [4.78, 5) is 8.65. The number of ether oxygens (including phenoxy) is 1. The zero-order chi connectivity index (χ0) is 14.3. The molecular weight excluding hydrogens is 238 g/mol. The first-order valence-electron chi connectivity index (χ1n) is 6.86. The number of amidine groups is 1. The van der Waals surface area contributed by atoms with Gasteiger partial charge in [0, 0.05) is 7.05 Å². The predicted molar refractivity (Wildman–Crippen MR) is 81.8 cm³/mol. The highest BCUT2D eigenvalue weighted by Crippen LogP contribution is 2.30. The van der Waals surface area contributed by atoms with Crippen molar-refractivity contribution < 1.29 is 4.74 Å². The van der Waals surface area contributed by atoms with Crippen molar-refractivity contribution in [1.29, 1.82) is 0 Å². The fourth-order valence-electron chi connectivity index (χ4n) is 2.29. The van der Waals surface area contributed by atoms with Crippen LogP contribution in [0.2, 0.25) is 0 Å². The van der Waals surface area contributed by atoms with Crippen molar-refractivity contribution >= 4 is 11.5 Å². The Morgan fingerprint density at radius 1 is 1.32 bits per heavy atom. The maximum atomic E-state index is 5.60. The van der Waals surface area contributed by atoms with E-state index in [-0.39, 0.29) is 0 Å². The Morgan fingerprint density at radius 2 is 1.95 bits per heavy atom. The lowest BCUT2D eigenvalue weighted by Gasteiger charge is -2.22. The minimum Gasteiger partial charge on any atom is -0.494 e. The molecule has 0 aromatic rings. The Kier molecular flexibility index (Phi) is 6.33. The van der Waals surface area contributed by atoms with Crippen molar-refractivity contribution in [2.75, 3.05) is 20.2 Å². The number of nitrogens with two attached hydrogens (primary N) is 1. The maximum absolute atomic E-state index is 5.60. The first kappa shape index (κ1) is 15.5. The normalized spacial score (nSPS) is 17.6. The summed E-state index contributed by atoms with van der Waals surface area (Å²) in [5.74, 6) is 1.37. The van der Waals surface area contributed by atoms with Crippen LogP contribution in [0.25, 0.3) is 0 Å². The number of nitrogens with zero attached hydrogens (tertiary/aromatic N) is 2. The summed E-state index contributed by atoms with van der Waals surface area (Å²) in [6, 6.07) is 0. The minimum atomic E-state index is 0.539. The van der Waals surface area contributed by atoms with Gasteiger partial charge in [0.15, 0.2) is 0 Å². The smallest absolute Gasteiger partial charge is 0.115 e. The SMILES string of the molecule is C=C(OCC)C1=C(C(CN=C(C)N)=NC)CCCC1. The van der Waals surface area contributed by atoms with Crippen molar-refractivity contribution in [3.05, 3.63) is 23.5 Å². The van der Waals surface area contributed by atoms with E-state index >= 15 is 0 Å². The summed E-state index contributed by atoms with van der Waals surface area (Å²) in [5, 5.41) is 0. The van der Waals surface area contributed by atoms with E-state index in [4.69, 9.17) is 10.5 Å². The van der Waals surface area contributed by atoms with Gasteiger partial charge in [-0.05, 0) is 50.7 Å². The fraction of sp³-hybridized carbons (Fsp3) is 0.600. The third kappa shape index (κ3) is 4.54. The van der Waals surface area contributed by atoms with Crippen LogP contribution in [0, 0.1) is 0 Å². The van der Waals surface area contributed by atoms with E-state index in [9.17, 15) is 0 Å². The van der Waals surface area contributed by atoms with Crippen LogP contribution in [0.3, 0.4) is 0 Å². The first-order chi connectivity index (χ1) is 9.10. The van der Waals surface area contributed by atoms with Crippen LogP contribution in [0.15, 0.2) is 33.5 Å². The van der Waals surface area contributed by atoms with E-state index in [1.807, 2.05) is 6.92 Å². The summed E-state index contributed by atoms with van der Waals surface area (Å²) < 4.78 is 5.56. The monoisotopic (exact) mass is 263 g/mol. The number of rotatable bonds is 6. The molecule has 1 aliphatic rings. The third-order valence-electron chi connectivity index (χ3n) is 3.22. The molecule has 0 amide bonds. The molecule has 0 unspecified atom stereocenters. The van der Waals surface area contributed by atoms with E-state index in [0.29, 0.717) is 19.0 Å². The van der Waals surface area contributed by atoms with Crippen molar-refractivity contribution in [3.63, 3.8) is 0 Å². The standard InChI is InChI=1S/C15H25N3O/c1-5-19-11(2)13-8-6-7-9-14(13)15(17-4)10-18-12(3)16/h2,5-10H2,1,3-4H3,(H2,16,18). The highest BCUT2D eigenvalue weighted by Gasteiger charge is 2.19. The maximum Gasteiger partial charge on any atom is 0.115 e. The Labute approximate surface area is 116 Å². The lowest BCUT2D eigenvalue weighted by atomic mass is 9.88. The largest absolute Gasteiger partial charge is 0.494 e. The second kappa shape index (κ2) is 7.77. The van der Waals surface area contributed by atoms with Gasteiger partial charge in [0.25, 0.3) is 0 Å². The third-order valence-corrected chi connectivity index (χ3v) is 3.22. The molecule has 19 heavy (non-hydrogen) atoms. The van der Waals surface area contributed by atoms with Crippen LogP contribution in [0.4, 0.5) is 0 Å². The molecule has 1 rings (SSSR count). The van der Waals surface area contributed by atoms with Crippen molar-refractivity contribution in [2.24, 2.45) is 15.7 Å². The first-order valence-corrected chi connectivity index (χ1v) is 6.86. The zero-order valence-corrected chi connectivity index (χ0v) is 12.3. The molecule has 0 saturated carbocycles. The molecule has 0 aromatic carbocycles. The Hall–Kier alpha value is -1.58. The van der Waals surface area contributed by atoms with E-state index in [1.54, 1.807) is 14.0 Å². The number of aliphatic imine (C=N–C) groups is 2. The van der Waals surface area contributed by atoms with Gasteiger partial charge in [-0.1, -0.05) is 6.58 Å². The van der Waals surface area contributed by atoms with Crippen molar-refractivity contribution in [2.45, 2.75) is 39.5 Å². The van der Waals surface area contributed by atoms with Crippen LogP contribution in [0.1, 0.15) is 39.5 Å². The van der Waals surface area contributed by atoms with Gasteiger partial charge in [-0.25, -0.2) is 0 Å². The van der Waals surface area contributed by atoms with Crippen LogP contribution in [-0.2, 0) is 4.74 Å². The highest BCUT2D eigenvalue weighted by molar-refractivity contribution is 6.03. The molecular formula is C15H25N3O. The van der Waals surface area contributed by atoms with E-state index in [0.717, 1.165) is 24.3 Å². The summed E-state index contributed by atoms with van der Waals surface area (Å²) in [6.07, 6.45) is 4.40. The minimum absolute atomic E-state index is 0.539. The van der Waals surface area contributed by atoms with Crippen molar-refractivity contribution in [3.8, 4) is 0 Å². The molecule has 0 aromatic heterocycles. The summed E-state index contributed by atoms with van der Waals surface area (Å²) in [6.45, 7) is 8.99. The molecule has 0 spiro atoms. The molecule has 0 atom stereocenters. The Balaban J connectivity index is 3.01. The molecule has 2 N–H and O–H groups in total. The van der Waals surface area contributed by atoms with Gasteiger partial charge < -0.3 is 10.5 Å². The molecule has 0 heterocycles. The average Bonchev–Trinajstić information content (AvgIpc) is 2.40. The highest BCUT2D eigenvalue weighted by atomic mass is 16.5. The zero-order valence-electron chi connectivity index (χ0n) is 12.3. The predicted octanol–water partition coefficient (Wildman–Crippen LogP) is 2.86. The van der Waals surface area contributed by atoms with Gasteiger partial charge in [0.05, 0.1) is 24.7 Å². The Morgan fingerprint density at radius 3 is 2.47 bits per heavy atom. The van der Waals surface area contributed by atoms with Gasteiger partial charge in [0.1, 0.15) is 5.76 Å².